The highest BCUT2D eigenvalue weighted by Gasteiger charge is 2.09. The van der Waals surface area contributed by atoms with E-state index in [-0.39, 0.29) is 13.1 Å². The Labute approximate surface area is 203 Å². The molecule has 1 atom stereocenters. The summed E-state index contributed by atoms with van der Waals surface area (Å²) in [5.74, 6) is 1.89. The van der Waals surface area contributed by atoms with E-state index in [0.717, 1.165) is 22.6 Å². The molecule has 3 heteroatoms. The van der Waals surface area contributed by atoms with Crippen molar-refractivity contribution in [2.75, 3.05) is 14.2 Å². The minimum Gasteiger partial charge on any atom is -0.493 e. The van der Waals surface area contributed by atoms with Crippen molar-refractivity contribution in [3.05, 3.63) is 83.5 Å². The molecule has 0 amide bonds. The minimum atomic E-state index is 0. The van der Waals surface area contributed by atoms with Gasteiger partial charge in [0.25, 0.3) is 0 Å². The zero-order valence-corrected chi connectivity index (χ0v) is 22.0. The van der Waals surface area contributed by atoms with Gasteiger partial charge in [-0.05, 0) is 73.6 Å². The Bertz CT molecular complexity index is 958. The number of hydrogen-bond acceptors (Lipinski definition) is 3. The van der Waals surface area contributed by atoms with Gasteiger partial charge in [0, 0.05) is 7.85 Å². The third-order valence-electron chi connectivity index (χ3n) is 5.30. The molecule has 0 aliphatic heterocycles. The second-order valence-electron chi connectivity index (χ2n) is 7.78. The molecule has 1 unspecified atom stereocenters. The maximum atomic E-state index is 11.2. The summed E-state index contributed by atoms with van der Waals surface area (Å²) >= 11 is 0. The Balaban J connectivity index is 0. The van der Waals surface area contributed by atoms with Gasteiger partial charge in [-0.1, -0.05) is 75.9 Å². The van der Waals surface area contributed by atoms with Crippen LogP contribution < -0.4 is 9.47 Å². The maximum Gasteiger partial charge on any atom is 0.161 e. The molecule has 0 bridgehead atoms. The first-order valence-electron chi connectivity index (χ1n) is 11.4. The number of aryl methyl sites for hydroxylation is 1. The molecule has 0 heterocycles. The quantitative estimate of drug-likeness (QED) is 0.377. The van der Waals surface area contributed by atoms with Crippen molar-refractivity contribution in [3.8, 4) is 11.5 Å². The Hall–Kier alpha value is -3.07. The topological polar surface area (TPSA) is 35.5 Å². The van der Waals surface area contributed by atoms with Gasteiger partial charge in [-0.3, -0.25) is 0 Å². The smallest absolute Gasteiger partial charge is 0.161 e. The summed E-state index contributed by atoms with van der Waals surface area (Å²) in [6, 6.07) is 12.0. The van der Waals surface area contributed by atoms with Crippen molar-refractivity contribution in [2.45, 2.75) is 54.9 Å². The zero-order chi connectivity index (χ0) is 25.6. The molecular weight excluding hydrogens is 408 g/mol. The number of carbonyl (C=O) groups is 1. The van der Waals surface area contributed by atoms with Crippen LogP contribution in [0.4, 0.5) is 0 Å². The van der Waals surface area contributed by atoms with Crippen LogP contribution in [0.5, 0.6) is 11.5 Å². The Kier molecular flexibility index (Phi) is 14.2. The Morgan fingerprint density at radius 3 is 2.18 bits per heavy atom. The van der Waals surface area contributed by atoms with E-state index in [4.69, 9.17) is 9.47 Å². The van der Waals surface area contributed by atoms with Crippen molar-refractivity contribution < 1.29 is 15.7 Å². The molecule has 0 saturated heterocycles. The molecule has 0 aliphatic carbocycles. The molecule has 3 nitrogen and oxygen atoms in total. The average molecular weight is 453 g/mol. The largest absolute Gasteiger partial charge is 0.493 e. The standard InChI is InChI=1S/C18H24O.C10H12O2.C2H6.H2/c1-12-8-7-9-18(17(12)6)15(4)10-13(2)14(3)11-16(5)19;1-4-8-5-6-9(11-2)10(7-8)12-3;1-2;/h7-10,14H,2,11H2,1,3-6H3;4-7H,1H2,2-3H3;1-2H3;1H/b15-10-;;;. The first kappa shape index (κ1) is 29.9. The van der Waals surface area contributed by atoms with Gasteiger partial charge in [0.05, 0.1) is 14.2 Å². The van der Waals surface area contributed by atoms with Gasteiger partial charge >= 0.3 is 0 Å². The molecule has 0 radical (unpaired) electrons. The molecule has 0 fully saturated rings. The third kappa shape index (κ3) is 9.95. The number of Topliss-reactive ketones (excluding diaryl/α,β-unsaturated/α-hetero) is 1. The average Bonchev–Trinajstić information content (AvgIpc) is 2.81. The summed E-state index contributed by atoms with van der Waals surface area (Å²) in [6.07, 6.45) is 4.44. The summed E-state index contributed by atoms with van der Waals surface area (Å²) in [5, 5.41) is 0. The number of methoxy groups -OCH3 is 2. The van der Waals surface area contributed by atoms with Crippen LogP contribution in [0.1, 0.15) is 64.7 Å². The molecule has 0 aliphatic rings. The van der Waals surface area contributed by atoms with Crippen LogP contribution in [0.2, 0.25) is 0 Å². The van der Waals surface area contributed by atoms with Crippen LogP contribution in [0.25, 0.3) is 11.6 Å². The first-order chi connectivity index (χ1) is 15.6. The fourth-order valence-corrected chi connectivity index (χ4v) is 3.22. The third-order valence-corrected chi connectivity index (χ3v) is 5.30. The van der Waals surface area contributed by atoms with Crippen LogP contribution >= 0.6 is 0 Å². The number of carbonyl (C=O) groups excluding carboxylic acids is 1. The van der Waals surface area contributed by atoms with Crippen molar-refractivity contribution in [2.24, 2.45) is 5.92 Å². The van der Waals surface area contributed by atoms with E-state index in [1.165, 1.54) is 22.3 Å². The lowest BCUT2D eigenvalue weighted by Crippen LogP contribution is -2.03. The number of hydrogen-bond donors (Lipinski definition) is 0. The molecule has 2 rings (SSSR count). The van der Waals surface area contributed by atoms with Crippen molar-refractivity contribution >= 4 is 17.4 Å². The predicted molar refractivity (Wildman–Crippen MR) is 146 cm³/mol. The second kappa shape index (κ2) is 15.7. The molecule has 0 spiro atoms. The molecule has 0 aromatic heterocycles. The highest BCUT2D eigenvalue weighted by molar-refractivity contribution is 5.76. The highest BCUT2D eigenvalue weighted by Crippen LogP contribution is 2.27. The van der Waals surface area contributed by atoms with Crippen molar-refractivity contribution in [1.29, 1.82) is 0 Å². The van der Waals surface area contributed by atoms with E-state index in [0.29, 0.717) is 6.42 Å². The summed E-state index contributed by atoms with van der Waals surface area (Å²) in [5.41, 5.74) is 7.12. The van der Waals surface area contributed by atoms with E-state index in [9.17, 15) is 4.79 Å². The lowest BCUT2D eigenvalue weighted by Gasteiger charge is -2.13. The number of rotatable bonds is 8. The van der Waals surface area contributed by atoms with Gasteiger partial charge in [-0.2, -0.15) is 0 Å². The normalized spacial score (nSPS) is 11.1. The Morgan fingerprint density at radius 1 is 1.06 bits per heavy atom. The monoisotopic (exact) mass is 452 g/mol. The molecular formula is C30H44O3. The van der Waals surface area contributed by atoms with Gasteiger partial charge in [0.2, 0.25) is 0 Å². The van der Waals surface area contributed by atoms with E-state index < -0.39 is 0 Å². The Morgan fingerprint density at radius 2 is 1.67 bits per heavy atom. The molecule has 2 aromatic rings. The van der Waals surface area contributed by atoms with Crippen LogP contribution in [0, 0.1) is 19.8 Å². The molecule has 2 aromatic carbocycles. The van der Waals surface area contributed by atoms with Crippen LogP contribution in [0.3, 0.4) is 0 Å². The number of allylic oxidation sites excluding steroid dienone is 3. The molecule has 182 valence electrons. The van der Waals surface area contributed by atoms with E-state index in [2.05, 4.69) is 65.1 Å². The van der Waals surface area contributed by atoms with Crippen LogP contribution in [-0.2, 0) is 4.79 Å². The van der Waals surface area contributed by atoms with Gasteiger partial charge in [-0.25, -0.2) is 0 Å². The maximum absolute atomic E-state index is 11.2. The SMILES string of the molecule is C=C(/C=C(/C)c1cccc(C)c1C)C(C)CC(C)=O.C=Cc1ccc(OC)c(OC)c1.CC.[HH]. The minimum absolute atomic E-state index is 0. The van der Waals surface area contributed by atoms with Crippen molar-refractivity contribution in [1.82, 2.24) is 0 Å². The number of benzene rings is 2. The molecule has 0 N–H and O–H groups in total. The van der Waals surface area contributed by atoms with Crippen LogP contribution in [0.15, 0.2) is 61.2 Å². The summed E-state index contributed by atoms with van der Waals surface area (Å²) < 4.78 is 10.2. The highest BCUT2D eigenvalue weighted by atomic mass is 16.5. The van der Waals surface area contributed by atoms with E-state index in [1.807, 2.05) is 32.0 Å². The summed E-state index contributed by atoms with van der Waals surface area (Å²) in [4.78, 5) is 11.2. The second-order valence-corrected chi connectivity index (χ2v) is 7.78. The summed E-state index contributed by atoms with van der Waals surface area (Å²) in [7, 11) is 3.23. The van der Waals surface area contributed by atoms with Crippen molar-refractivity contribution in [3.63, 3.8) is 0 Å². The predicted octanol–water partition coefficient (Wildman–Crippen LogP) is 8.50. The fraction of sp³-hybridized carbons (Fsp3) is 0.367. The van der Waals surface area contributed by atoms with Crippen LogP contribution in [-0.4, -0.2) is 20.0 Å². The van der Waals surface area contributed by atoms with Gasteiger partial charge in [-0.15, -0.1) is 0 Å². The number of ketones is 1. The van der Waals surface area contributed by atoms with E-state index in [1.54, 1.807) is 27.2 Å². The lowest BCUT2D eigenvalue weighted by atomic mass is 9.92. The zero-order valence-electron chi connectivity index (χ0n) is 22.0. The van der Waals surface area contributed by atoms with E-state index >= 15 is 0 Å². The summed E-state index contributed by atoms with van der Waals surface area (Å²) in [6.45, 7) is 21.8. The number of ether oxygens (including phenoxy) is 2. The van der Waals surface area contributed by atoms with Gasteiger partial charge < -0.3 is 14.3 Å². The first-order valence-corrected chi connectivity index (χ1v) is 11.4. The lowest BCUT2D eigenvalue weighted by molar-refractivity contribution is -0.117. The fourth-order valence-electron chi connectivity index (χ4n) is 3.22. The van der Waals surface area contributed by atoms with Gasteiger partial charge in [0.1, 0.15) is 5.78 Å². The van der Waals surface area contributed by atoms with Gasteiger partial charge in [0.15, 0.2) is 11.5 Å². The molecule has 33 heavy (non-hydrogen) atoms. The molecule has 0 saturated carbocycles.